The van der Waals surface area contributed by atoms with Crippen LogP contribution < -0.4 is 5.32 Å². The topological polar surface area (TPSA) is 15.3 Å². The van der Waals surface area contributed by atoms with E-state index in [1.54, 1.807) is 6.07 Å². The van der Waals surface area contributed by atoms with E-state index >= 15 is 0 Å². The summed E-state index contributed by atoms with van der Waals surface area (Å²) in [7, 11) is 2.05. The van der Waals surface area contributed by atoms with Crippen LogP contribution >= 0.6 is 11.6 Å². The van der Waals surface area contributed by atoms with Gasteiger partial charge in [0, 0.05) is 30.7 Å². The van der Waals surface area contributed by atoms with Gasteiger partial charge >= 0.3 is 0 Å². The molecule has 0 saturated heterocycles. The first kappa shape index (κ1) is 12.8. The molecular formula is C13H18ClFN2. The Kier molecular flexibility index (Phi) is 4.37. The maximum atomic E-state index is 12.9. The molecule has 1 aliphatic carbocycles. The molecule has 1 aliphatic rings. The maximum absolute atomic E-state index is 12.9. The minimum atomic E-state index is -0.281. The molecule has 0 aliphatic heterocycles. The summed E-state index contributed by atoms with van der Waals surface area (Å²) in [5.74, 6) is -0.281. The average molecular weight is 257 g/mol. The number of rotatable bonds is 6. The number of likely N-dealkylation sites (N-methyl/N-ethyl adjacent to an activating group) is 1. The summed E-state index contributed by atoms with van der Waals surface area (Å²) in [6.07, 6.45) is 2.63. The zero-order valence-corrected chi connectivity index (χ0v) is 10.8. The summed E-state index contributed by atoms with van der Waals surface area (Å²) in [6, 6.07) is 5.32. The first-order valence-electron chi connectivity index (χ1n) is 6.01. The summed E-state index contributed by atoms with van der Waals surface area (Å²) in [5.41, 5.74) is 0.974. The van der Waals surface area contributed by atoms with E-state index in [0.29, 0.717) is 5.02 Å². The third kappa shape index (κ3) is 4.26. The third-order valence-electron chi connectivity index (χ3n) is 2.96. The van der Waals surface area contributed by atoms with Gasteiger partial charge in [-0.2, -0.15) is 0 Å². The molecule has 17 heavy (non-hydrogen) atoms. The van der Waals surface area contributed by atoms with E-state index < -0.39 is 0 Å². The highest BCUT2D eigenvalue weighted by Gasteiger charge is 2.19. The van der Waals surface area contributed by atoms with Gasteiger partial charge in [0.05, 0.1) is 0 Å². The molecule has 0 spiro atoms. The Morgan fingerprint density at radius 2 is 2.24 bits per heavy atom. The smallest absolute Gasteiger partial charge is 0.124 e. The average Bonchev–Trinajstić information content (AvgIpc) is 3.06. The Balaban J connectivity index is 1.77. The lowest BCUT2D eigenvalue weighted by atomic mass is 10.2. The fourth-order valence-electron chi connectivity index (χ4n) is 1.77. The van der Waals surface area contributed by atoms with Crippen molar-refractivity contribution in [2.75, 3.05) is 20.1 Å². The summed E-state index contributed by atoms with van der Waals surface area (Å²) in [6.45, 7) is 2.73. The highest BCUT2D eigenvalue weighted by atomic mass is 35.5. The zero-order chi connectivity index (χ0) is 12.3. The maximum Gasteiger partial charge on any atom is 0.124 e. The van der Waals surface area contributed by atoms with Crippen LogP contribution in [0.25, 0.3) is 0 Å². The molecule has 0 amide bonds. The molecule has 0 atom stereocenters. The molecule has 1 saturated carbocycles. The van der Waals surface area contributed by atoms with Crippen molar-refractivity contribution in [1.29, 1.82) is 0 Å². The minimum Gasteiger partial charge on any atom is -0.313 e. The molecule has 4 heteroatoms. The Morgan fingerprint density at radius 1 is 1.47 bits per heavy atom. The molecule has 0 aromatic heterocycles. The summed E-state index contributed by atoms with van der Waals surface area (Å²) < 4.78 is 12.9. The van der Waals surface area contributed by atoms with E-state index in [1.807, 2.05) is 7.05 Å². The van der Waals surface area contributed by atoms with E-state index in [-0.39, 0.29) is 5.82 Å². The quantitative estimate of drug-likeness (QED) is 0.842. The number of nitrogens with zero attached hydrogens (tertiary/aromatic N) is 1. The van der Waals surface area contributed by atoms with E-state index in [2.05, 4.69) is 10.2 Å². The lowest BCUT2D eigenvalue weighted by Crippen LogP contribution is -2.30. The van der Waals surface area contributed by atoms with Gasteiger partial charge in [0.2, 0.25) is 0 Å². The Bertz CT molecular complexity index is 380. The van der Waals surface area contributed by atoms with Crippen LogP contribution in [0.2, 0.25) is 5.02 Å². The van der Waals surface area contributed by atoms with Crippen molar-refractivity contribution in [3.05, 3.63) is 34.6 Å². The van der Waals surface area contributed by atoms with Gasteiger partial charge < -0.3 is 10.2 Å². The largest absolute Gasteiger partial charge is 0.313 e. The van der Waals surface area contributed by atoms with Gasteiger partial charge in [-0.1, -0.05) is 17.7 Å². The van der Waals surface area contributed by atoms with Gasteiger partial charge in [-0.15, -0.1) is 0 Å². The minimum absolute atomic E-state index is 0.281. The van der Waals surface area contributed by atoms with E-state index in [0.717, 1.165) is 31.2 Å². The molecule has 0 radical (unpaired) electrons. The predicted octanol–water partition coefficient (Wildman–Crippen LogP) is 2.66. The van der Waals surface area contributed by atoms with Crippen molar-refractivity contribution in [3.63, 3.8) is 0 Å². The highest BCUT2D eigenvalue weighted by Crippen LogP contribution is 2.19. The van der Waals surface area contributed by atoms with E-state index in [9.17, 15) is 4.39 Å². The summed E-state index contributed by atoms with van der Waals surface area (Å²) in [4.78, 5) is 2.19. The lowest BCUT2D eigenvalue weighted by Gasteiger charge is -2.17. The fourth-order valence-corrected chi connectivity index (χ4v) is 1.99. The van der Waals surface area contributed by atoms with Gasteiger partial charge in [0.25, 0.3) is 0 Å². The van der Waals surface area contributed by atoms with Gasteiger partial charge in [-0.25, -0.2) is 4.39 Å². The van der Waals surface area contributed by atoms with Crippen LogP contribution in [0.15, 0.2) is 18.2 Å². The van der Waals surface area contributed by atoms with Crippen LogP contribution in [0.5, 0.6) is 0 Å². The van der Waals surface area contributed by atoms with E-state index in [4.69, 9.17) is 11.6 Å². The molecule has 0 bridgehead atoms. The molecule has 0 heterocycles. The van der Waals surface area contributed by atoms with Crippen LogP contribution in [0.4, 0.5) is 4.39 Å². The molecule has 2 nitrogen and oxygen atoms in total. The van der Waals surface area contributed by atoms with Gasteiger partial charge in [-0.3, -0.25) is 0 Å². The fraction of sp³-hybridized carbons (Fsp3) is 0.538. The van der Waals surface area contributed by atoms with Gasteiger partial charge in [0.15, 0.2) is 0 Å². The van der Waals surface area contributed by atoms with E-state index in [1.165, 1.54) is 25.0 Å². The number of hydrogen-bond acceptors (Lipinski definition) is 2. The highest BCUT2D eigenvalue weighted by molar-refractivity contribution is 6.31. The number of benzene rings is 1. The van der Waals surface area contributed by atoms with Crippen molar-refractivity contribution in [2.45, 2.75) is 25.4 Å². The van der Waals surface area contributed by atoms with Crippen LogP contribution in [0.1, 0.15) is 18.4 Å². The molecule has 0 unspecified atom stereocenters. The summed E-state index contributed by atoms with van der Waals surface area (Å²) in [5, 5.41) is 3.97. The Morgan fingerprint density at radius 3 is 2.88 bits per heavy atom. The lowest BCUT2D eigenvalue weighted by molar-refractivity contribution is 0.324. The molecule has 94 valence electrons. The normalized spacial score (nSPS) is 15.5. The molecular weight excluding hydrogens is 239 g/mol. The van der Waals surface area contributed by atoms with Crippen molar-refractivity contribution >= 4 is 11.6 Å². The number of halogens is 2. The Labute approximate surface area is 107 Å². The number of hydrogen-bond donors (Lipinski definition) is 1. The SMILES string of the molecule is CN(CCNC1CC1)Cc1ccc(F)cc1Cl. The third-order valence-corrected chi connectivity index (χ3v) is 3.31. The number of nitrogens with one attached hydrogen (secondary N) is 1. The monoisotopic (exact) mass is 256 g/mol. The molecule has 1 aromatic carbocycles. The predicted molar refractivity (Wildman–Crippen MR) is 68.8 cm³/mol. The van der Waals surface area contributed by atoms with Gasteiger partial charge in [0.1, 0.15) is 5.82 Å². The molecule has 1 aromatic rings. The second kappa shape index (κ2) is 5.80. The second-order valence-electron chi connectivity index (χ2n) is 4.70. The van der Waals surface area contributed by atoms with Crippen LogP contribution in [0.3, 0.4) is 0 Å². The van der Waals surface area contributed by atoms with Crippen LogP contribution in [-0.2, 0) is 6.54 Å². The first-order chi connectivity index (χ1) is 8.15. The van der Waals surface area contributed by atoms with Crippen molar-refractivity contribution in [1.82, 2.24) is 10.2 Å². The molecule has 1 N–H and O–H groups in total. The van der Waals surface area contributed by atoms with Crippen molar-refractivity contribution in [2.24, 2.45) is 0 Å². The zero-order valence-electron chi connectivity index (χ0n) is 10.0. The van der Waals surface area contributed by atoms with Crippen LogP contribution in [-0.4, -0.2) is 31.1 Å². The Hall–Kier alpha value is -0.640. The first-order valence-corrected chi connectivity index (χ1v) is 6.39. The molecule has 1 fully saturated rings. The van der Waals surface area contributed by atoms with Crippen LogP contribution in [0, 0.1) is 5.82 Å². The van der Waals surface area contributed by atoms with Crippen molar-refractivity contribution < 1.29 is 4.39 Å². The summed E-state index contributed by atoms with van der Waals surface area (Å²) >= 11 is 5.99. The second-order valence-corrected chi connectivity index (χ2v) is 5.11. The standard InChI is InChI=1S/C13H18ClFN2/c1-17(7-6-16-12-4-5-12)9-10-2-3-11(15)8-13(10)14/h2-3,8,12,16H,4-7,9H2,1H3. The molecule has 2 rings (SSSR count). The van der Waals surface area contributed by atoms with Crippen molar-refractivity contribution in [3.8, 4) is 0 Å². The van der Waals surface area contributed by atoms with Gasteiger partial charge in [-0.05, 0) is 37.6 Å².